The number of hydrogen-bond donors (Lipinski definition) is 1. The highest BCUT2D eigenvalue weighted by Gasteiger charge is 2.26. The van der Waals surface area contributed by atoms with Crippen LogP contribution < -0.4 is 0 Å². The third kappa shape index (κ3) is 3.35. The van der Waals surface area contributed by atoms with Gasteiger partial charge in [0, 0.05) is 20.1 Å². The number of likely N-dealkylation sites (tertiary alicyclic amines) is 1. The van der Waals surface area contributed by atoms with Gasteiger partial charge in [0.2, 0.25) is 5.91 Å². The minimum Gasteiger partial charge on any atom is -0.390 e. The van der Waals surface area contributed by atoms with Gasteiger partial charge in [-0.15, -0.1) is 0 Å². The Balaban J connectivity index is 1.95. The Morgan fingerprint density at radius 2 is 2.20 bits per heavy atom. The number of nitrogens with zero attached hydrogens (tertiary/aromatic N) is 3. The van der Waals surface area contributed by atoms with Crippen LogP contribution in [0.1, 0.15) is 32.4 Å². The number of aliphatic hydroxyl groups excluding tert-OH is 1. The van der Waals surface area contributed by atoms with Crippen LogP contribution in [0.15, 0.2) is 11.4 Å². The molecule has 0 saturated carbocycles. The van der Waals surface area contributed by atoms with Crippen molar-refractivity contribution in [3.8, 4) is 0 Å². The van der Waals surface area contributed by atoms with E-state index in [4.69, 9.17) is 5.11 Å². The summed E-state index contributed by atoms with van der Waals surface area (Å²) in [6.07, 6.45) is 3.85. The molecule has 1 fully saturated rings. The van der Waals surface area contributed by atoms with Gasteiger partial charge in [0.25, 0.3) is 0 Å². The largest absolute Gasteiger partial charge is 0.390 e. The summed E-state index contributed by atoms with van der Waals surface area (Å²) in [6.45, 7) is 5.87. The summed E-state index contributed by atoms with van der Waals surface area (Å²) in [5.74, 6) is 0.916. The predicted octanol–water partition coefficient (Wildman–Crippen LogP) is 1.65. The number of imidazole rings is 1. The average molecular weight is 297 g/mol. The van der Waals surface area contributed by atoms with E-state index in [0.717, 1.165) is 42.7 Å². The third-order valence-corrected chi connectivity index (χ3v) is 5.07. The van der Waals surface area contributed by atoms with E-state index in [0.29, 0.717) is 0 Å². The molecule has 0 aromatic carbocycles. The van der Waals surface area contributed by atoms with Crippen LogP contribution in [-0.2, 0) is 18.4 Å². The van der Waals surface area contributed by atoms with E-state index in [9.17, 15) is 4.79 Å². The molecule has 0 aliphatic carbocycles. The molecule has 1 aliphatic rings. The van der Waals surface area contributed by atoms with Gasteiger partial charge in [-0.1, -0.05) is 18.7 Å². The molecule has 20 heavy (non-hydrogen) atoms. The Hall–Kier alpha value is -1.01. The zero-order chi connectivity index (χ0) is 14.7. The first-order valence-electron chi connectivity index (χ1n) is 7.09. The molecule has 1 N–H and O–H groups in total. The quantitative estimate of drug-likeness (QED) is 0.859. The van der Waals surface area contributed by atoms with Crippen molar-refractivity contribution in [1.29, 1.82) is 0 Å². The summed E-state index contributed by atoms with van der Waals surface area (Å²) in [5.41, 5.74) is 0.763. The number of aliphatic hydroxyl groups is 1. The van der Waals surface area contributed by atoms with E-state index in [1.165, 1.54) is 11.8 Å². The molecule has 1 aliphatic heterocycles. The number of thioether (sulfide) groups is 1. The molecule has 0 bridgehead atoms. The average Bonchev–Trinajstić information content (AvgIpc) is 2.79. The molecule has 1 aromatic heterocycles. The number of rotatable bonds is 4. The number of carbonyl (C=O) groups excluding carboxylic acids is 1. The van der Waals surface area contributed by atoms with E-state index in [1.54, 1.807) is 6.20 Å². The molecule has 1 aromatic rings. The zero-order valence-electron chi connectivity index (χ0n) is 12.4. The van der Waals surface area contributed by atoms with Gasteiger partial charge in [-0.3, -0.25) is 4.79 Å². The Morgan fingerprint density at radius 3 is 2.75 bits per heavy atom. The van der Waals surface area contributed by atoms with Crippen molar-refractivity contribution in [1.82, 2.24) is 14.5 Å². The van der Waals surface area contributed by atoms with Crippen LogP contribution >= 0.6 is 11.8 Å². The fourth-order valence-electron chi connectivity index (χ4n) is 2.38. The minimum atomic E-state index is -0.143. The van der Waals surface area contributed by atoms with E-state index in [1.807, 2.05) is 23.4 Å². The lowest BCUT2D eigenvalue weighted by molar-refractivity contribution is -0.131. The van der Waals surface area contributed by atoms with Gasteiger partial charge in [0.1, 0.15) is 0 Å². The summed E-state index contributed by atoms with van der Waals surface area (Å²) in [6, 6.07) is 0. The summed E-state index contributed by atoms with van der Waals surface area (Å²) in [4.78, 5) is 18.6. The van der Waals surface area contributed by atoms with Crippen molar-refractivity contribution in [2.75, 3.05) is 13.1 Å². The van der Waals surface area contributed by atoms with Gasteiger partial charge in [0.15, 0.2) is 5.16 Å². The van der Waals surface area contributed by atoms with Crippen molar-refractivity contribution >= 4 is 17.7 Å². The zero-order valence-corrected chi connectivity index (χ0v) is 13.2. The van der Waals surface area contributed by atoms with Gasteiger partial charge in [-0.2, -0.15) is 0 Å². The second-order valence-electron chi connectivity index (χ2n) is 5.52. The topological polar surface area (TPSA) is 58.4 Å². The maximum atomic E-state index is 12.4. The van der Waals surface area contributed by atoms with Crippen molar-refractivity contribution in [3.63, 3.8) is 0 Å². The minimum absolute atomic E-state index is 0.0313. The number of carbonyl (C=O) groups is 1. The molecule has 0 radical (unpaired) electrons. The molecule has 1 amide bonds. The van der Waals surface area contributed by atoms with Crippen LogP contribution in [0.3, 0.4) is 0 Å². The SMILES string of the molecule is CC1CCN(C(=O)C(C)Sc2ncc(CO)n2C)CC1. The molecule has 5 nitrogen and oxygen atoms in total. The normalized spacial score (nSPS) is 18.3. The van der Waals surface area contributed by atoms with E-state index < -0.39 is 0 Å². The fraction of sp³-hybridized carbons (Fsp3) is 0.714. The van der Waals surface area contributed by atoms with Gasteiger partial charge in [-0.25, -0.2) is 4.98 Å². The Labute approximate surface area is 124 Å². The summed E-state index contributed by atoms with van der Waals surface area (Å²) >= 11 is 1.46. The van der Waals surface area contributed by atoms with E-state index in [-0.39, 0.29) is 17.8 Å². The first kappa shape index (κ1) is 15.4. The molecule has 0 spiro atoms. The van der Waals surface area contributed by atoms with Crippen LogP contribution in [0.5, 0.6) is 0 Å². The lowest BCUT2D eigenvalue weighted by Gasteiger charge is -2.31. The molecule has 6 heteroatoms. The Morgan fingerprint density at radius 1 is 1.55 bits per heavy atom. The smallest absolute Gasteiger partial charge is 0.235 e. The number of aromatic nitrogens is 2. The van der Waals surface area contributed by atoms with Crippen LogP contribution in [0.2, 0.25) is 0 Å². The highest BCUT2D eigenvalue weighted by atomic mass is 32.2. The Kier molecular flexibility index (Phi) is 5.10. The molecule has 112 valence electrons. The highest BCUT2D eigenvalue weighted by molar-refractivity contribution is 8.00. The lowest BCUT2D eigenvalue weighted by Crippen LogP contribution is -2.41. The first-order chi connectivity index (χ1) is 9.52. The van der Waals surface area contributed by atoms with Crippen LogP contribution in [0.4, 0.5) is 0 Å². The van der Waals surface area contributed by atoms with Crippen molar-refractivity contribution in [3.05, 3.63) is 11.9 Å². The summed E-state index contributed by atoms with van der Waals surface area (Å²) in [7, 11) is 1.86. The standard InChI is InChI=1S/C14H23N3O2S/c1-10-4-6-17(7-5-10)13(19)11(2)20-14-15-8-12(9-18)16(14)3/h8,10-11,18H,4-7,9H2,1-3H3. The second-order valence-corrected chi connectivity index (χ2v) is 6.83. The molecule has 2 rings (SSSR count). The third-order valence-electron chi connectivity index (χ3n) is 3.93. The number of amides is 1. The summed E-state index contributed by atoms with van der Waals surface area (Å²) in [5, 5.41) is 9.79. The van der Waals surface area contributed by atoms with Crippen LogP contribution in [-0.4, -0.2) is 43.8 Å². The van der Waals surface area contributed by atoms with E-state index in [2.05, 4.69) is 11.9 Å². The number of hydrogen-bond acceptors (Lipinski definition) is 4. The fourth-order valence-corrected chi connectivity index (χ4v) is 3.33. The molecule has 2 heterocycles. The highest BCUT2D eigenvalue weighted by Crippen LogP contribution is 2.25. The molecular formula is C14H23N3O2S. The maximum absolute atomic E-state index is 12.4. The Bertz CT molecular complexity index is 467. The van der Waals surface area contributed by atoms with Gasteiger partial charge in [-0.05, 0) is 25.7 Å². The molecule has 1 saturated heterocycles. The van der Waals surface area contributed by atoms with Crippen LogP contribution in [0.25, 0.3) is 0 Å². The van der Waals surface area contributed by atoms with Gasteiger partial charge in [0.05, 0.1) is 23.7 Å². The maximum Gasteiger partial charge on any atom is 0.235 e. The lowest BCUT2D eigenvalue weighted by atomic mass is 9.99. The first-order valence-corrected chi connectivity index (χ1v) is 7.97. The van der Waals surface area contributed by atoms with Crippen molar-refractivity contribution in [2.24, 2.45) is 13.0 Å². The number of piperidine rings is 1. The predicted molar refractivity (Wildman–Crippen MR) is 79.4 cm³/mol. The van der Waals surface area contributed by atoms with E-state index >= 15 is 0 Å². The van der Waals surface area contributed by atoms with Gasteiger partial charge >= 0.3 is 0 Å². The molecular weight excluding hydrogens is 274 g/mol. The monoisotopic (exact) mass is 297 g/mol. The second kappa shape index (κ2) is 6.63. The summed E-state index contributed by atoms with van der Waals surface area (Å²) < 4.78 is 1.84. The van der Waals surface area contributed by atoms with Crippen LogP contribution in [0, 0.1) is 5.92 Å². The van der Waals surface area contributed by atoms with Crippen molar-refractivity contribution < 1.29 is 9.90 Å². The molecule has 1 atom stereocenters. The molecule has 1 unspecified atom stereocenters. The van der Waals surface area contributed by atoms with Gasteiger partial charge < -0.3 is 14.6 Å². The van der Waals surface area contributed by atoms with Crippen molar-refractivity contribution in [2.45, 2.75) is 43.7 Å².